The van der Waals surface area contributed by atoms with Crippen LogP contribution in [0.4, 0.5) is 0 Å². The van der Waals surface area contributed by atoms with Crippen molar-refractivity contribution < 1.29 is 8.42 Å². The number of likely N-dealkylation sites (N-methyl/N-ethyl adjacent to an activating group) is 1. The molecule has 0 unspecified atom stereocenters. The first kappa shape index (κ1) is 18.0. The largest absolute Gasteiger partial charge is 0.389 e. The third kappa shape index (κ3) is 5.03. The van der Waals surface area contributed by atoms with Crippen LogP contribution >= 0.6 is 12.2 Å². The quantitative estimate of drug-likeness (QED) is 0.702. The normalized spacial score (nSPS) is 11.8. The van der Waals surface area contributed by atoms with Crippen molar-refractivity contribution in [3.63, 3.8) is 0 Å². The fourth-order valence-corrected chi connectivity index (χ4v) is 3.42. The molecule has 0 saturated carbocycles. The Hall–Kier alpha value is -1.02. The molecule has 0 amide bonds. The Bertz CT molecular complexity index is 596. The Balaban J connectivity index is 2.87. The lowest BCUT2D eigenvalue weighted by molar-refractivity contribution is 0.309. The Morgan fingerprint density at radius 1 is 1.33 bits per heavy atom. The summed E-state index contributed by atoms with van der Waals surface area (Å²) in [4.78, 5) is 2.57. The zero-order valence-electron chi connectivity index (χ0n) is 12.7. The number of hydrogen-bond donors (Lipinski definition) is 2. The molecule has 0 heterocycles. The molecule has 1 aromatic carbocycles. The van der Waals surface area contributed by atoms with Gasteiger partial charge in [0.1, 0.15) is 4.99 Å². The van der Waals surface area contributed by atoms with E-state index in [0.29, 0.717) is 24.2 Å². The van der Waals surface area contributed by atoms with Crippen molar-refractivity contribution in [2.24, 2.45) is 5.73 Å². The zero-order chi connectivity index (χ0) is 16.0. The molecule has 0 aromatic heterocycles. The summed E-state index contributed by atoms with van der Waals surface area (Å²) in [6.07, 6.45) is 0. The number of hydrogen-bond acceptors (Lipinski definition) is 4. The van der Waals surface area contributed by atoms with Crippen LogP contribution in [0.15, 0.2) is 23.1 Å². The Kier molecular flexibility index (Phi) is 6.73. The number of nitrogens with two attached hydrogens (primary N) is 1. The Morgan fingerprint density at radius 2 is 1.95 bits per heavy atom. The molecule has 0 radical (unpaired) electrons. The van der Waals surface area contributed by atoms with Crippen molar-refractivity contribution in [3.8, 4) is 0 Å². The summed E-state index contributed by atoms with van der Waals surface area (Å²) < 4.78 is 27.4. The van der Waals surface area contributed by atoms with Crippen LogP contribution in [0.5, 0.6) is 0 Å². The SMILES string of the molecule is CCN(CC)CCNS(=O)(=O)c1cc(C(N)=S)ccc1C. The molecule has 0 aliphatic rings. The first-order chi connectivity index (χ1) is 9.81. The van der Waals surface area contributed by atoms with E-state index in [1.54, 1.807) is 19.1 Å². The third-order valence-corrected chi connectivity index (χ3v) is 5.22. The second-order valence-corrected chi connectivity index (χ2v) is 6.94. The van der Waals surface area contributed by atoms with E-state index >= 15 is 0 Å². The van der Waals surface area contributed by atoms with Gasteiger partial charge in [0.15, 0.2) is 0 Å². The van der Waals surface area contributed by atoms with Crippen molar-refractivity contribution in [2.75, 3.05) is 26.2 Å². The number of benzene rings is 1. The van der Waals surface area contributed by atoms with Gasteiger partial charge in [-0.3, -0.25) is 0 Å². The van der Waals surface area contributed by atoms with Crippen molar-refractivity contribution in [2.45, 2.75) is 25.7 Å². The lowest BCUT2D eigenvalue weighted by Crippen LogP contribution is -2.35. The fraction of sp³-hybridized carbons (Fsp3) is 0.500. The molecule has 0 bridgehead atoms. The maximum atomic E-state index is 12.4. The average molecular weight is 329 g/mol. The number of nitrogens with zero attached hydrogens (tertiary/aromatic N) is 1. The third-order valence-electron chi connectivity index (χ3n) is 3.38. The first-order valence-corrected chi connectivity index (χ1v) is 8.83. The lowest BCUT2D eigenvalue weighted by atomic mass is 10.1. The van der Waals surface area contributed by atoms with Crippen molar-refractivity contribution in [1.82, 2.24) is 9.62 Å². The Labute approximate surface area is 132 Å². The van der Waals surface area contributed by atoms with Crippen molar-refractivity contribution >= 4 is 27.2 Å². The molecule has 1 rings (SSSR count). The standard InChI is InChI=1S/C14H23N3O2S2/c1-4-17(5-2)9-8-16-21(18,19)13-10-12(14(15)20)7-6-11(13)3/h6-7,10,16H,4-5,8-9H2,1-3H3,(H2,15,20). The number of aryl methyl sites for hydroxylation is 1. The van der Waals surface area contributed by atoms with Gasteiger partial charge in [-0.1, -0.05) is 38.2 Å². The van der Waals surface area contributed by atoms with Gasteiger partial charge in [0.25, 0.3) is 0 Å². The maximum absolute atomic E-state index is 12.4. The molecule has 0 aliphatic carbocycles. The van der Waals surface area contributed by atoms with E-state index in [2.05, 4.69) is 9.62 Å². The van der Waals surface area contributed by atoms with E-state index in [0.717, 1.165) is 13.1 Å². The van der Waals surface area contributed by atoms with E-state index in [-0.39, 0.29) is 9.88 Å². The monoisotopic (exact) mass is 329 g/mol. The van der Waals surface area contributed by atoms with Gasteiger partial charge in [0.05, 0.1) is 4.90 Å². The maximum Gasteiger partial charge on any atom is 0.240 e. The van der Waals surface area contributed by atoms with Gasteiger partial charge in [-0.2, -0.15) is 0 Å². The van der Waals surface area contributed by atoms with E-state index < -0.39 is 10.0 Å². The van der Waals surface area contributed by atoms with Crippen LogP contribution in [-0.4, -0.2) is 44.5 Å². The van der Waals surface area contributed by atoms with Crippen molar-refractivity contribution in [3.05, 3.63) is 29.3 Å². The van der Waals surface area contributed by atoms with Crippen molar-refractivity contribution in [1.29, 1.82) is 0 Å². The molecule has 3 N–H and O–H groups in total. The van der Waals surface area contributed by atoms with E-state index in [1.165, 1.54) is 6.07 Å². The van der Waals surface area contributed by atoms with Gasteiger partial charge in [0.2, 0.25) is 10.0 Å². The van der Waals surface area contributed by atoms with Crippen LogP contribution in [0, 0.1) is 6.92 Å². The zero-order valence-corrected chi connectivity index (χ0v) is 14.4. The lowest BCUT2D eigenvalue weighted by Gasteiger charge is -2.18. The molecular weight excluding hydrogens is 306 g/mol. The second-order valence-electron chi connectivity index (χ2n) is 4.77. The van der Waals surface area contributed by atoms with E-state index in [4.69, 9.17) is 18.0 Å². The summed E-state index contributed by atoms with van der Waals surface area (Å²) in [6.45, 7) is 8.70. The van der Waals surface area contributed by atoms with Gasteiger partial charge >= 0.3 is 0 Å². The predicted molar refractivity (Wildman–Crippen MR) is 90.0 cm³/mol. The highest BCUT2D eigenvalue weighted by Crippen LogP contribution is 2.17. The average Bonchev–Trinajstić information content (AvgIpc) is 2.43. The van der Waals surface area contributed by atoms with Gasteiger partial charge in [-0.25, -0.2) is 13.1 Å². The molecule has 7 heteroatoms. The summed E-state index contributed by atoms with van der Waals surface area (Å²) >= 11 is 4.90. The number of rotatable bonds is 8. The highest BCUT2D eigenvalue weighted by atomic mass is 32.2. The van der Waals surface area contributed by atoms with Gasteiger partial charge in [0, 0.05) is 18.7 Å². The van der Waals surface area contributed by atoms with Gasteiger partial charge in [-0.15, -0.1) is 0 Å². The summed E-state index contributed by atoms with van der Waals surface area (Å²) in [5, 5.41) is 0. The summed E-state index contributed by atoms with van der Waals surface area (Å²) in [7, 11) is -3.55. The molecule has 0 spiro atoms. The van der Waals surface area contributed by atoms with Crippen LogP contribution in [0.3, 0.4) is 0 Å². The molecule has 1 aromatic rings. The molecule has 0 aliphatic heterocycles. The summed E-state index contributed by atoms with van der Waals surface area (Å²) in [5.74, 6) is 0. The van der Waals surface area contributed by atoms with Crippen LogP contribution in [-0.2, 0) is 10.0 Å². The molecule has 0 atom stereocenters. The highest BCUT2D eigenvalue weighted by molar-refractivity contribution is 7.89. The minimum atomic E-state index is -3.55. The number of thiocarbonyl (C=S) groups is 1. The summed E-state index contributed by atoms with van der Waals surface area (Å²) in [5.41, 5.74) is 6.79. The first-order valence-electron chi connectivity index (χ1n) is 6.94. The number of sulfonamides is 1. The van der Waals surface area contributed by atoms with Crippen LogP contribution < -0.4 is 10.5 Å². The van der Waals surface area contributed by atoms with Gasteiger partial charge in [-0.05, 0) is 31.6 Å². The molecule has 5 nitrogen and oxygen atoms in total. The number of nitrogens with one attached hydrogen (secondary N) is 1. The smallest absolute Gasteiger partial charge is 0.240 e. The van der Waals surface area contributed by atoms with E-state index in [1.807, 2.05) is 13.8 Å². The molecule has 0 fully saturated rings. The summed E-state index contributed by atoms with van der Waals surface area (Å²) in [6, 6.07) is 4.97. The van der Waals surface area contributed by atoms with Crippen LogP contribution in [0.2, 0.25) is 0 Å². The Morgan fingerprint density at radius 3 is 2.48 bits per heavy atom. The molecule has 21 heavy (non-hydrogen) atoms. The molecular formula is C14H23N3O2S2. The fourth-order valence-electron chi connectivity index (χ4n) is 2.00. The van der Waals surface area contributed by atoms with Gasteiger partial charge < -0.3 is 10.6 Å². The molecule has 0 saturated heterocycles. The minimum absolute atomic E-state index is 0.189. The van der Waals surface area contributed by atoms with E-state index in [9.17, 15) is 8.42 Å². The second kappa shape index (κ2) is 7.84. The highest BCUT2D eigenvalue weighted by Gasteiger charge is 2.17. The topological polar surface area (TPSA) is 75.4 Å². The van der Waals surface area contributed by atoms with Crippen LogP contribution in [0.1, 0.15) is 25.0 Å². The predicted octanol–water partition coefficient (Wildman–Crippen LogP) is 1.25. The minimum Gasteiger partial charge on any atom is -0.389 e. The molecule has 118 valence electrons. The van der Waals surface area contributed by atoms with Crippen LogP contribution in [0.25, 0.3) is 0 Å².